The van der Waals surface area contributed by atoms with E-state index in [9.17, 15) is 17.2 Å². The van der Waals surface area contributed by atoms with Gasteiger partial charge in [-0.1, -0.05) is 12.1 Å². The molecule has 0 radical (unpaired) electrons. The number of sulfone groups is 1. The third-order valence-corrected chi connectivity index (χ3v) is 4.82. The Morgan fingerprint density at radius 2 is 1.76 bits per heavy atom. The second-order valence-corrected chi connectivity index (χ2v) is 7.29. The molecule has 0 spiro atoms. The van der Waals surface area contributed by atoms with E-state index < -0.39 is 16.3 Å². The summed E-state index contributed by atoms with van der Waals surface area (Å²) in [7, 11) is -3.26. The molecule has 1 aliphatic heterocycles. The van der Waals surface area contributed by atoms with Gasteiger partial charge in [0.1, 0.15) is 0 Å². The van der Waals surface area contributed by atoms with Crippen LogP contribution in [0.2, 0.25) is 0 Å². The van der Waals surface area contributed by atoms with E-state index in [4.69, 9.17) is 0 Å². The fourth-order valence-corrected chi connectivity index (χ4v) is 3.23. The highest BCUT2D eigenvalue weighted by atomic mass is 32.2. The molecule has 0 bridgehead atoms. The van der Waals surface area contributed by atoms with Crippen molar-refractivity contribution in [2.75, 3.05) is 32.4 Å². The van der Waals surface area contributed by atoms with Gasteiger partial charge in [-0.25, -0.2) is 17.2 Å². The summed E-state index contributed by atoms with van der Waals surface area (Å²) in [6, 6.07) is 5.90. The van der Waals surface area contributed by atoms with E-state index in [2.05, 4.69) is 5.32 Å². The second kappa shape index (κ2) is 6.81. The molecule has 2 rings (SSSR count). The number of piperazine rings is 1. The molecular formula is C14H20F2N2O2S. The van der Waals surface area contributed by atoms with Crippen LogP contribution >= 0.6 is 0 Å². The van der Waals surface area contributed by atoms with Crippen molar-refractivity contribution in [3.63, 3.8) is 0 Å². The molecule has 1 aliphatic rings. The average molecular weight is 318 g/mol. The average Bonchev–Trinajstić information content (AvgIpc) is 2.45. The van der Waals surface area contributed by atoms with Gasteiger partial charge in [0.15, 0.2) is 9.84 Å². The highest BCUT2D eigenvalue weighted by Crippen LogP contribution is 2.28. The van der Waals surface area contributed by atoms with Gasteiger partial charge in [0.25, 0.3) is 0 Å². The molecule has 0 unspecified atom stereocenters. The monoisotopic (exact) mass is 318 g/mol. The topological polar surface area (TPSA) is 49.4 Å². The lowest BCUT2D eigenvalue weighted by molar-refractivity contribution is 0.0739. The molecule has 118 valence electrons. The van der Waals surface area contributed by atoms with Crippen LogP contribution in [0, 0.1) is 0 Å². The third kappa shape index (κ3) is 4.46. The summed E-state index contributed by atoms with van der Waals surface area (Å²) in [6.07, 6.45) is -1.49. The molecule has 0 aromatic heterocycles. The maximum atomic E-state index is 12.9. The van der Waals surface area contributed by atoms with Crippen molar-refractivity contribution in [3.05, 3.63) is 29.8 Å². The molecule has 1 aromatic carbocycles. The minimum Gasteiger partial charge on any atom is -0.314 e. The number of rotatable bonds is 5. The minimum atomic E-state index is -3.26. The smallest absolute Gasteiger partial charge is 0.240 e. The van der Waals surface area contributed by atoms with Gasteiger partial charge in [0, 0.05) is 44.9 Å². The van der Waals surface area contributed by atoms with Gasteiger partial charge < -0.3 is 5.32 Å². The zero-order valence-electron chi connectivity index (χ0n) is 11.9. The number of hydrogen-bond acceptors (Lipinski definition) is 4. The van der Waals surface area contributed by atoms with E-state index in [1.54, 1.807) is 12.1 Å². The van der Waals surface area contributed by atoms with Gasteiger partial charge in [0.05, 0.1) is 4.90 Å². The Hall–Kier alpha value is -1.05. The quantitative estimate of drug-likeness (QED) is 0.898. The molecule has 1 atom stereocenters. The first-order valence-corrected chi connectivity index (χ1v) is 8.80. The molecular weight excluding hydrogens is 298 g/mol. The van der Waals surface area contributed by atoms with E-state index in [1.165, 1.54) is 12.1 Å². The fraction of sp³-hybridized carbons (Fsp3) is 0.571. The molecule has 1 fully saturated rings. The van der Waals surface area contributed by atoms with E-state index in [0.29, 0.717) is 13.1 Å². The zero-order valence-corrected chi connectivity index (χ0v) is 12.7. The van der Waals surface area contributed by atoms with Crippen molar-refractivity contribution in [2.24, 2.45) is 0 Å². The first kappa shape index (κ1) is 16.3. The number of halogens is 2. The minimum absolute atomic E-state index is 0.211. The summed E-state index contributed by atoms with van der Waals surface area (Å²) >= 11 is 0. The summed E-state index contributed by atoms with van der Waals surface area (Å²) in [6.45, 7) is 2.98. The largest absolute Gasteiger partial charge is 0.314 e. The summed E-state index contributed by atoms with van der Waals surface area (Å²) in [5.41, 5.74) is 0.740. The maximum absolute atomic E-state index is 12.9. The van der Waals surface area contributed by atoms with Gasteiger partial charge in [-0.05, 0) is 17.7 Å². The van der Waals surface area contributed by atoms with Crippen molar-refractivity contribution < 1.29 is 17.2 Å². The molecule has 4 nitrogen and oxygen atoms in total. The molecule has 21 heavy (non-hydrogen) atoms. The molecule has 1 heterocycles. The highest BCUT2D eigenvalue weighted by Gasteiger charge is 2.25. The lowest BCUT2D eigenvalue weighted by atomic mass is 10.0. The number of nitrogens with zero attached hydrogens (tertiary/aromatic N) is 1. The van der Waals surface area contributed by atoms with Crippen LogP contribution in [0.25, 0.3) is 0 Å². The number of hydrogen-bond donors (Lipinski definition) is 1. The Bertz CT molecular complexity index is 555. The van der Waals surface area contributed by atoms with Gasteiger partial charge in [-0.15, -0.1) is 0 Å². The first-order chi connectivity index (χ1) is 9.88. The number of benzene rings is 1. The van der Waals surface area contributed by atoms with Crippen molar-refractivity contribution in [3.8, 4) is 0 Å². The van der Waals surface area contributed by atoms with E-state index >= 15 is 0 Å². The molecule has 7 heteroatoms. The zero-order chi connectivity index (χ0) is 15.5. The van der Waals surface area contributed by atoms with Crippen molar-refractivity contribution in [2.45, 2.75) is 23.8 Å². The van der Waals surface area contributed by atoms with E-state index in [1.807, 2.05) is 4.90 Å². The van der Waals surface area contributed by atoms with Crippen LogP contribution in [0.5, 0.6) is 0 Å². The summed E-state index contributed by atoms with van der Waals surface area (Å²) in [5, 5.41) is 3.19. The third-order valence-electron chi connectivity index (χ3n) is 3.69. The maximum Gasteiger partial charge on any atom is 0.240 e. The Balaban J connectivity index is 2.23. The molecule has 0 saturated carbocycles. The fourth-order valence-electron chi connectivity index (χ4n) is 2.60. The van der Waals surface area contributed by atoms with Gasteiger partial charge in [-0.2, -0.15) is 0 Å². The van der Waals surface area contributed by atoms with Gasteiger partial charge >= 0.3 is 0 Å². The summed E-state index contributed by atoms with van der Waals surface area (Å²) in [4.78, 5) is 2.24. The van der Waals surface area contributed by atoms with Crippen LogP contribution in [-0.2, 0) is 9.84 Å². The van der Waals surface area contributed by atoms with Crippen LogP contribution in [-0.4, -0.2) is 52.2 Å². The lowest BCUT2D eigenvalue weighted by Gasteiger charge is -2.35. The predicted molar refractivity (Wildman–Crippen MR) is 77.4 cm³/mol. The molecule has 1 saturated heterocycles. The molecule has 0 aliphatic carbocycles. The first-order valence-electron chi connectivity index (χ1n) is 6.91. The van der Waals surface area contributed by atoms with E-state index in [-0.39, 0.29) is 17.4 Å². The standard InChI is InChI=1S/C14H20F2N2O2S/c1-21(19,20)12-4-2-11(3-5-12)13(10-14(15)16)18-8-6-17-7-9-18/h2-5,13-14,17H,6-10H2,1H3/t13-/m1/s1. The Morgan fingerprint density at radius 1 is 1.19 bits per heavy atom. The highest BCUT2D eigenvalue weighted by molar-refractivity contribution is 7.90. The van der Waals surface area contributed by atoms with Crippen LogP contribution < -0.4 is 5.32 Å². The lowest BCUT2D eigenvalue weighted by Crippen LogP contribution is -2.45. The van der Waals surface area contributed by atoms with Gasteiger partial charge in [0.2, 0.25) is 6.43 Å². The molecule has 1 N–H and O–H groups in total. The van der Waals surface area contributed by atoms with Crippen LogP contribution in [0.4, 0.5) is 8.78 Å². The molecule has 0 amide bonds. The van der Waals surface area contributed by atoms with Crippen molar-refractivity contribution in [1.82, 2.24) is 10.2 Å². The summed E-state index contributed by atoms with van der Waals surface area (Å²) < 4.78 is 48.6. The van der Waals surface area contributed by atoms with Crippen LogP contribution in [0.3, 0.4) is 0 Å². The second-order valence-electron chi connectivity index (χ2n) is 5.27. The van der Waals surface area contributed by atoms with Crippen molar-refractivity contribution in [1.29, 1.82) is 0 Å². The van der Waals surface area contributed by atoms with Crippen molar-refractivity contribution >= 4 is 9.84 Å². The summed E-state index contributed by atoms with van der Waals surface area (Å²) in [5.74, 6) is 0. The Labute approximate surface area is 124 Å². The normalized spacial score (nSPS) is 18.9. The van der Waals surface area contributed by atoms with Crippen LogP contribution in [0.15, 0.2) is 29.2 Å². The SMILES string of the molecule is CS(=O)(=O)c1ccc([C@@H](CC(F)F)N2CCNCC2)cc1. The Morgan fingerprint density at radius 3 is 2.24 bits per heavy atom. The number of nitrogens with one attached hydrogen (secondary N) is 1. The molecule has 1 aromatic rings. The predicted octanol–water partition coefficient (Wildman–Crippen LogP) is 1.69. The van der Waals surface area contributed by atoms with Crippen LogP contribution in [0.1, 0.15) is 18.0 Å². The van der Waals surface area contributed by atoms with Gasteiger partial charge in [-0.3, -0.25) is 4.90 Å². The van der Waals surface area contributed by atoms with E-state index in [0.717, 1.165) is 24.9 Å². The number of alkyl halides is 2. The Kier molecular flexibility index (Phi) is 5.29.